The molecule has 1 amide bonds. The van der Waals surface area contributed by atoms with Crippen molar-refractivity contribution in [3.8, 4) is 0 Å². The van der Waals surface area contributed by atoms with Gasteiger partial charge in [0.05, 0.1) is 0 Å². The number of carbonyl (C=O) groups is 2. The van der Waals surface area contributed by atoms with Crippen molar-refractivity contribution in [2.24, 2.45) is 5.73 Å². The monoisotopic (exact) mass is 214 g/mol. The van der Waals surface area contributed by atoms with E-state index < -0.39 is 17.5 Å². The van der Waals surface area contributed by atoms with E-state index in [1.54, 1.807) is 27.7 Å². The summed E-state index contributed by atoms with van der Waals surface area (Å²) in [5.74, 6) is -0.875. The highest BCUT2D eigenvalue weighted by molar-refractivity contribution is 5.90. The summed E-state index contributed by atoms with van der Waals surface area (Å²) < 4.78 is 4.99. The van der Waals surface area contributed by atoms with E-state index in [0.29, 0.717) is 5.70 Å². The second-order valence-electron chi connectivity index (χ2n) is 4.19. The number of carbonyl (C=O) groups excluding carboxylic acids is 2. The molecule has 0 saturated heterocycles. The lowest BCUT2D eigenvalue weighted by Crippen LogP contribution is -2.34. The van der Waals surface area contributed by atoms with Crippen LogP contribution in [-0.2, 0) is 14.3 Å². The topological polar surface area (TPSA) is 81.4 Å². The molecule has 0 spiro atoms. The zero-order chi connectivity index (χ0) is 12.1. The number of allylic oxidation sites excluding steroid dienone is 1. The molecule has 0 unspecified atom stereocenters. The third-order valence-electron chi connectivity index (χ3n) is 1.19. The Morgan fingerprint density at radius 1 is 1.40 bits per heavy atom. The summed E-state index contributed by atoms with van der Waals surface area (Å²) in [6.45, 7) is 6.72. The molecule has 0 radical (unpaired) electrons. The molecule has 0 bridgehead atoms. The summed E-state index contributed by atoms with van der Waals surface area (Å²) in [4.78, 5) is 22.2. The van der Waals surface area contributed by atoms with E-state index in [4.69, 9.17) is 10.5 Å². The van der Waals surface area contributed by atoms with Crippen LogP contribution in [-0.4, -0.2) is 24.0 Å². The van der Waals surface area contributed by atoms with Crippen LogP contribution in [0.15, 0.2) is 11.8 Å². The van der Waals surface area contributed by atoms with Crippen LogP contribution in [0.1, 0.15) is 27.7 Å². The summed E-state index contributed by atoms with van der Waals surface area (Å²) in [6, 6.07) is 0. The molecule has 0 aliphatic carbocycles. The van der Waals surface area contributed by atoms with Crippen LogP contribution < -0.4 is 11.1 Å². The lowest BCUT2D eigenvalue weighted by Gasteiger charge is -2.19. The molecule has 0 saturated carbocycles. The molecule has 0 fully saturated rings. The maximum absolute atomic E-state index is 11.2. The Bertz CT molecular complexity index is 273. The van der Waals surface area contributed by atoms with Crippen LogP contribution in [0.3, 0.4) is 0 Å². The van der Waals surface area contributed by atoms with Gasteiger partial charge in [-0.25, -0.2) is 0 Å². The molecule has 3 N–H and O–H groups in total. The van der Waals surface area contributed by atoms with E-state index in [-0.39, 0.29) is 6.54 Å². The number of nitrogens with one attached hydrogen (secondary N) is 1. The molecule has 0 aromatic rings. The van der Waals surface area contributed by atoms with Crippen molar-refractivity contribution in [3.63, 3.8) is 0 Å². The average molecular weight is 214 g/mol. The largest absolute Gasteiger partial charge is 0.459 e. The standard InChI is InChI=1S/C10H18N2O3/c1-7(11)5-8(13)12-6-9(14)15-10(2,3)4/h5H,6,11H2,1-4H3,(H,12,13). The third-order valence-corrected chi connectivity index (χ3v) is 1.19. The van der Waals surface area contributed by atoms with Crippen molar-refractivity contribution in [1.82, 2.24) is 5.32 Å². The number of hydrogen-bond acceptors (Lipinski definition) is 4. The van der Waals surface area contributed by atoms with Crippen molar-refractivity contribution in [2.75, 3.05) is 6.54 Å². The first-order valence-corrected chi connectivity index (χ1v) is 4.64. The first-order valence-electron chi connectivity index (χ1n) is 4.64. The van der Waals surface area contributed by atoms with Gasteiger partial charge in [0.25, 0.3) is 0 Å². The van der Waals surface area contributed by atoms with E-state index >= 15 is 0 Å². The number of amides is 1. The van der Waals surface area contributed by atoms with Gasteiger partial charge in [-0.05, 0) is 27.7 Å². The average Bonchev–Trinajstić information content (AvgIpc) is 1.96. The second kappa shape index (κ2) is 5.38. The van der Waals surface area contributed by atoms with E-state index in [0.717, 1.165) is 0 Å². The number of nitrogens with two attached hydrogens (primary N) is 1. The summed E-state index contributed by atoms with van der Waals surface area (Å²) in [5.41, 5.74) is 5.13. The second-order valence-corrected chi connectivity index (χ2v) is 4.19. The van der Waals surface area contributed by atoms with Crippen LogP contribution in [0.25, 0.3) is 0 Å². The predicted octanol–water partition coefficient (Wildman–Crippen LogP) is 0.307. The Labute approximate surface area is 89.7 Å². The minimum Gasteiger partial charge on any atom is -0.459 e. The molecule has 15 heavy (non-hydrogen) atoms. The SMILES string of the molecule is CC(N)=CC(=O)NCC(=O)OC(C)(C)C. The van der Waals surface area contributed by atoms with E-state index in [1.807, 2.05) is 0 Å². The van der Waals surface area contributed by atoms with E-state index in [1.165, 1.54) is 6.08 Å². The summed E-state index contributed by atoms with van der Waals surface area (Å²) in [5, 5.41) is 2.37. The molecule has 0 aliphatic rings. The van der Waals surface area contributed by atoms with Crippen LogP contribution in [0.4, 0.5) is 0 Å². The van der Waals surface area contributed by atoms with Gasteiger partial charge in [-0.2, -0.15) is 0 Å². The minimum atomic E-state index is -0.540. The number of ether oxygens (including phenoxy) is 1. The van der Waals surface area contributed by atoms with Crippen LogP contribution in [0.2, 0.25) is 0 Å². The molecule has 86 valence electrons. The van der Waals surface area contributed by atoms with Crippen molar-refractivity contribution < 1.29 is 14.3 Å². The van der Waals surface area contributed by atoms with Gasteiger partial charge >= 0.3 is 5.97 Å². The van der Waals surface area contributed by atoms with Crippen molar-refractivity contribution >= 4 is 11.9 Å². The fraction of sp³-hybridized carbons (Fsp3) is 0.600. The molecule has 0 rings (SSSR count). The molecule has 5 nitrogen and oxygen atoms in total. The first-order chi connectivity index (χ1) is 6.70. The number of rotatable bonds is 3. The van der Waals surface area contributed by atoms with Crippen LogP contribution >= 0.6 is 0 Å². The van der Waals surface area contributed by atoms with Gasteiger partial charge in [0, 0.05) is 11.8 Å². The Balaban J connectivity index is 3.92. The van der Waals surface area contributed by atoms with Gasteiger partial charge in [-0.3, -0.25) is 9.59 Å². The van der Waals surface area contributed by atoms with Gasteiger partial charge in [-0.1, -0.05) is 0 Å². The van der Waals surface area contributed by atoms with Gasteiger partial charge < -0.3 is 15.8 Å². The molecular formula is C10H18N2O3. The molecule has 0 aromatic heterocycles. The van der Waals surface area contributed by atoms with Gasteiger partial charge in [-0.15, -0.1) is 0 Å². The molecule has 0 aliphatic heterocycles. The summed E-state index contributed by atoms with van der Waals surface area (Å²) >= 11 is 0. The quantitative estimate of drug-likeness (QED) is 0.523. The minimum absolute atomic E-state index is 0.153. The molecule has 0 atom stereocenters. The fourth-order valence-corrected chi connectivity index (χ4v) is 0.795. The van der Waals surface area contributed by atoms with Crippen molar-refractivity contribution in [1.29, 1.82) is 0 Å². The predicted molar refractivity (Wildman–Crippen MR) is 56.8 cm³/mol. The fourth-order valence-electron chi connectivity index (χ4n) is 0.795. The lowest BCUT2D eigenvalue weighted by atomic mass is 10.2. The van der Waals surface area contributed by atoms with E-state index in [9.17, 15) is 9.59 Å². The molecule has 0 aromatic carbocycles. The third kappa shape index (κ3) is 8.80. The molecular weight excluding hydrogens is 196 g/mol. The normalized spacial score (nSPS) is 12.1. The first kappa shape index (κ1) is 13.5. The maximum Gasteiger partial charge on any atom is 0.325 e. The van der Waals surface area contributed by atoms with Gasteiger partial charge in [0.15, 0.2) is 0 Å². The number of hydrogen-bond donors (Lipinski definition) is 2. The van der Waals surface area contributed by atoms with E-state index in [2.05, 4.69) is 5.32 Å². The molecule has 5 heteroatoms. The highest BCUT2D eigenvalue weighted by atomic mass is 16.6. The van der Waals surface area contributed by atoms with Crippen LogP contribution in [0, 0.1) is 0 Å². The van der Waals surface area contributed by atoms with Gasteiger partial charge in [0.1, 0.15) is 12.1 Å². The van der Waals surface area contributed by atoms with Crippen LogP contribution in [0.5, 0.6) is 0 Å². The Hall–Kier alpha value is -1.52. The highest BCUT2D eigenvalue weighted by Gasteiger charge is 2.16. The Kier molecular flexibility index (Phi) is 4.84. The Morgan fingerprint density at radius 2 is 1.93 bits per heavy atom. The summed E-state index contributed by atoms with van der Waals surface area (Å²) in [6.07, 6.45) is 1.21. The maximum atomic E-state index is 11.2. The van der Waals surface area contributed by atoms with Crippen molar-refractivity contribution in [3.05, 3.63) is 11.8 Å². The zero-order valence-electron chi connectivity index (χ0n) is 9.59. The Morgan fingerprint density at radius 3 is 2.33 bits per heavy atom. The lowest BCUT2D eigenvalue weighted by molar-refractivity contribution is -0.154. The highest BCUT2D eigenvalue weighted by Crippen LogP contribution is 2.05. The van der Waals surface area contributed by atoms with Gasteiger partial charge in [0.2, 0.25) is 5.91 Å². The smallest absolute Gasteiger partial charge is 0.325 e. The zero-order valence-corrected chi connectivity index (χ0v) is 9.59. The summed E-state index contributed by atoms with van der Waals surface area (Å²) in [7, 11) is 0. The number of esters is 1. The van der Waals surface area contributed by atoms with Crippen molar-refractivity contribution in [2.45, 2.75) is 33.3 Å². The molecule has 0 heterocycles.